The number of methoxy groups -OCH3 is 1. The number of ether oxygens (including phenoxy) is 1. The Morgan fingerprint density at radius 2 is 1.88 bits per heavy atom. The number of hydrogen-bond acceptors (Lipinski definition) is 6. The molecular weight excluding hydrogens is 306 g/mol. The summed E-state index contributed by atoms with van der Waals surface area (Å²) in [5, 5.41) is 4.18. The lowest BCUT2D eigenvalue weighted by atomic mass is 10.1. The van der Waals surface area contributed by atoms with E-state index in [2.05, 4.69) is 15.5 Å². The fourth-order valence-electron chi connectivity index (χ4n) is 2.11. The van der Waals surface area contributed by atoms with Gasteiger partial charge in [0.05, 0.1) is 19.0 Å². The molecule has 0 aliphatic rings. The van der Waals surface area contributed by atoms with Gasteiger partial charge in [0.2, 0.25) is 0 Å². The van der Waals surface area contributed by atoms with Crippen LogP contribution in [0.4, 0.5) is 5.69 Å². The molecule has 0 aliphatic carbocycles. The van der Waals surface area contributed by atoms with Crippen molar-refractivity contribution in [2.45, 2.75) is 0 Å². The van der Waals surface area contributed by atoms with Gasteiger partial charge in [0.25, 0.3) is 0 Å². The summed E-state index contributed by atoms with van der Waals surface area (Å²) in [4.78, 5) is 15.8. The second-order valence-electron chi connectivity index (χ2n) is 4.87. The molecule has 0 bridgehead atoms. The Morgan fingerprint density at radius 1 is 1.12 bits per heavy atom. The van der Waals surface area contributed by atoms with Crippen LogP contribution in [0.3, 0.4) is 0 Å². The number of benzene rings is 2. The van der Waals surface area contributed by atoms with Gasteiger partial charge >= 0.3 is 5.97 Å². The van der Waals surface area contributed by atoms with Gasteiger partial charge in [-0.25, -0.2) is 9.78 Å². The summed E-state index contributed by atoms with van der Waals surface area (Å²) in [6.45, 7) is 0. The molecule has 0 saturated heterocycles. The van der Waals surface area contributed by atoms with Crippen LogP contribution in [-0.4, -0.2) is 23.8 Å². The van der Waals surface area contributed by atoms with Crippen molar-refractivity contribution in [3.63, 3.8) is 0 Å². The molecule has 0 radical (unpaired) electrons. The number of hydrogen-bond donors (Lipinski definition) is 1. The van der Waals surface area contributed by atoms with Crippen molar-refractivity contribution < 1.29 is 13.9 Å². The minimum Gasteiger partial charge on any atom is -0.464 e. The van der Waals surface area contributed by atoms with Crippen molar-refractivity contribution in [3.05, 3.63) is 72.8 Å². The number of esters is 1. The van der Waals surface area contributed by atoms with E-state index in [0.29, 0.717) is 11.3 Å². The Bertz CT molecular complexity index is 826. The molecule has 0 fully saturated rings. The SMILES string of the molecule is COC(=O)/C(=N/Nc1ccc(-c2cnco2)cc1)c1ccccc1. The number of nitrogens with zero attached hydrogens (tertiary/aromatic N) is 2. The summed E-state index contributed by atoms with van der Waals surface area (Å²) < 4.78 is 10.0. The summed E-state index contributed by atoms with van der Waals surface area (Å²) in [7, 11) is 1.33. The summed E-state index contributed by atoms with van der Waals surface area (Å²) in [6.07, 6.45) is 3.03. The maximum atomic E-state index is 11.9. The van der Waals surface area contributed by atoms with Gasteiger partial charge in [0.15, 0.2) is 17.9 Å². The van der Waals surface area contributed by atoms with E-state index >= 15 is 0 Å². The fraction of sp³-hybridized carbons (Fsp3) is 0.0556. The Balaban J connectivity index is 1.80. The summed E-state index contributed by atoms with van der Waals surface area (Å²) in [6, 6.07) is 16.5. The zero-order valence-electron chi connectivity index (χ0n) is 13.0. The monoisotopic (exact) mass is 321 g/mol. The molecule has 1 heterocycles. The Morgan fingerprint density at radius 3 is 2.50 bits per heavy atom. The summed E-state index contributed by atoms with van der Waals surface area (Å²) in [5.74, 6) is 0.177. The van der Waals surface area contributed by atoms with Gasteiger partial charge in [-0.05, 0) is 24.3 Å². The maximum Gasteiger partial charge on any atom is 0.359 e. The van der Waals surface area contributed by atoms with Gasteiger partial charge in [-0.2, -0.15) is 5.10 Å². The molecule has 0 amide bonds. The average molecular weight is 321 g/mol. The van der Waals surface area contributed by atoms with E-state index in [1.165, 1.54) is 13.5 Å². The van der Waals surface area contributed by atoms with Crippen molar-refractivity contribution in [3.8, 4) is 11.3 Å². The fourth-order valence-corrected chi connectivity index (χ4v) is 2.11. The smallest absolute Gasteiger partial charge is 0.359 e. The zero-order valence-corrected chi connectivity index (χ0v) is 13.0. The lowest BCUT2D eigenvalue weighted by molar-refractivity contribution is -0.132. The first-order valence-electron chi connectivity index (χ1n) is 7.24. The third kappa shape index (κ3) is 3.49. The highest BCUT2D eigenvalue weighted by Gasteiger charge is 2.14. The van der Waals surface area contributed by atoms with E-state index in [1.54, 1.807) is 18.3 Å². The molecule has 2 aromatic carbocycles. The molecule has 0 saturated carbocycles. The number of carbonyl (C=O) groups is 1. The quantitative estimate of drug-likeness (QED) is 0.443. The molecule has 1 aromatic heterocycles. The lowest BCUT2D eigenvalue weighted by Gasteiger charge is -2.06. The van der Waals surface area contributed by atoms with Gasteiger partial charge in [-0.1, -0.05) is 30.3 Å². The largest absolute Gasteiger partial charge is 0.464 e. The molecule has 24 heavy (non-hydrogen) atoms. The molecule has 3 aromatic rings. The van der Waals surface area contributed by atoms with Crippen molar-refractivity contribution in [1.82, 2.24) is 4.98 Å². The highest BCUT2D eigenvalue weighted by Crippen LogP contribution is 2.20. The van der Waals surface area contributed by atoms with E-state index in [9.17, 15) is 4.79 Å². The molecule has 1 N–H and O–H groups in total. The predicted molar refractivity (Wildman–Crippen MR) is 90.6 cm³/mol. The van der Waals surface area contributed by atoms with E-state index in [1.807, 2.05) is 42.5 Å². The Kier molecular flexibility index (Phi) is 4.67. The van der Waals surface area contributed by atoms with Crippen LogP contribution in [0.25, 0.3) is 11.3 Å². The number of nitrogens with one attached hydrogen (secondary N) is 1. The number of anilines is 1. The topological polar surface area (TPSA) is 76.7 Å². The predicted octanol–water partition coefficient (Wildman–Crippen LogP) is 3.33. The van der Waals surface area contributed by atoms with Crippen molar-refractivity contribution in [1.29, 1.82) is 0 Å². The molecule has 120 valence electrons. The summed E-state index contributed by atoms with van der Waals surface area (Å²) in [5.41, 5.74) is 5.39. The highest BCUT2D eigenvalue weighted by atomic mass is 16.5. The lowest BCUT2D eigenvalue weighted by Crippen LogP contribution is -2.18. The van der Waals surface area contributed by atoms with Gasteiger partial charge in [-0.15, -0.1) is 0 Å². The third-order valence-corrected chi connectivity index (χ3v) is 3.32. The first-order chi connectivity index (χ1) is 11.8. The minimum atomic E-state index is -0.507. The number of hydrazone groups is 1. The molecule has 0 spiro atoms. The molecule has 6 nitrogen and oxygen atoms in total. The first kappa shape index (κ1) is 15.5. The van der Waals surface area contributed by atoms with E-state index in [-0.39, 0.29) is 5.71 Å². The van der Waals surface area contributed by atoms with Crippen LogP contribution in [0, 0.1) is 0 Å². The van der Waals surface area contributed by atoms with Gasteiger partial charge in [0, 0.05) is 11.1 Å². The molecule has 0 aliphatic heterocycles. The van der Waals surface area contributed by atoms with Crippen molar-refractivity contribution in [2.75, 3.05) is 12.5 Å². The third-order valence-electron chi connectivity index (χ3n) is 3.32. The first-order valence-corrected chi connectivity index (χ1v) is 7.24. The van der Waals surface area contributed by atoms with Crippen LogP contribution in [0.2, 0.25) is 0 Å². The highest BCUT2D eigenvalue weighted by molar-refractivity contribution is 6.43. The average Bonchev–Trinajstić information content (AvgIpc) is 3.18. The second kappa shape index (κ2) is 7.23. The van der Waals surface area contributed by atoms with Crippen LogP contribution in [0.15, 0.2) is 76.7 Å². The minimum absolute atomic E-state index is 0.206. The molecular formula is C18H15N3O3. The van der Waals surface area contributed by atoms with Crippen LogP contribution in [0.5, 0.6) is 0 Å². The van der Waals surface area contributed by atoms with E-state index in [4.69, 9.17) is 9.15 Å². The van der Waals surface area contributed by atoms with Crippen molar-refractivity contribution in [2.24, 2.45) is 5.10 Å². The standard InChI is InChI=1S/C18H15N3O3/c1-23-18(22)17(14-5-3-2-4-6-14)21-20-15-9-7-13(8-10-15)16-11-19-12-24-16/h2-12,20H,1H3/b21-17+. The Hall–Kier alpha value is -3.41. The molecule has 0 unspecified atom stereocenters. The van der Waals surface area contributed by atoms with Gasteiger partial charge < -0.3 is 9.15 Å². The maximum absolute atomic E-state index is 11.9. The normalized spacial score (nSPS) is 11.1. The van der Waals surface area contributed by atoms with Gasteiger partial charge in [0.1, 0.15) is 0 Å². The molecule has 3 rings (SSSR count). The van der Waals surface area contributed by atoms with Crippen LogP contribution in [-0.2, 0) is 9.53 Å². The van der Waals surface area contributed by atoms with Crippen LogP contribution >= 0.6 is 0 Å². The molecule has 0 atom stereocenters. The summed E-state index contributed by atoms with van der Waals surface area (Å²) >= 11 is 0. The van der Waals surface area contributed by atoms with Gasteiger partial charge in [-0.3, -0.25) is 5.43 Å². The number of oxazole rings is 1. The number of carbonyl (C=O) groups excluding carboxylic acids is 1. The van der Waals surface area contributed by atoms with Crippen LogP contribution < -0.4 is 5.43 Å². The Labute approximate surface area is 138 Å². The second-order valence-corrected chi connectivity index (χ2v) is 4.87. The molecule has 6 heteroatoms. The van der Waals surface area contributed by atoms with E-state index in [0.717, 1.165) is 11.3 Å². The van der Waals surface area contributed by atoms with Crippen molar-refractivity contribution >= 4 is 17.4 Å². The zero-order chi connectivity index (χ0) is 16.8. The number of aromatic nitrogens is 1. The van der Waals surface area contributed by atoms with E-state index < -0.39 is 5.97 Å². The van der Waals surface area contributed by atoms with Crippen LogP contribution in [0.1, 0.15) is 5.56 Å². The number of rotatable bonds is 5.